The molecule has 2 aromatic carbocycles. The zero-order valence-electron chi connectivity index (χ0n) is 19.8. The van der Waals surface area contributed by atoms with Crippen LogP contribution in [0, 0.1) is 17.8 Å². The Bertz CT molecular complexity index is 863. The van der Waals surface area contributed by atoms with Crippen LogP contribution in [0.2, 0.25) is 0 Å². The fourth-order valence-electron chi connectivity index (χ4n) is 6.49. The van der Waals surface area contributed by atoms with Crippen molar-refractivity contribution in [2.75, 3.05) is 32.2 Å². The predicted octanol–water partition coefficient (Wildman–Crippen LogP) is 6.41. The van der Waals surface area contributed by atoms with E-state index in [2.05, 4.69) is 53.4 Å². The lowest BCUT2D eigenvalue weighted by atomic mass is 9.66. The first-order valence-electron chi connectivity index (χ1n) is 12.7. The standard InChI is InChI=1S/C29H39NO2/c1-31-29(32-2)24-16-18-30(19-17-24)26-14-12-23(13-15-26)28-25(20-21-6-5-7-21)11-10-22-8-3-4-9-27(22)28/h3-4,8-9,12-15,21,24-25,28-29H,5-7,10-11,16-20H2,1-2H3/t25-,28+/m1/s1. The second-order valence-corrected chi connectivity index (χ2v) is 10.3. The lowest BCUT2D eigenvalue weighted by Crippen LogP contribution is -2.39. The predicted molar refractivity (Wildman–Crippen MR) is 131 cm³/mol. The maximum Gasteiger partial charge on any atom is 0.159 e. The van der Waals surface area contributed by atoms with Crippen LogP contribution in [0.25, 0.3) is 0 Å². The van der Waals surface area contributed by atoms with Gasteiger partial charge in [0.2, 0.25) is 0 Å². The largest absolute Gasteiger partial charge is 0.372 e. The molecule has 3 heteroatoms. The maximum atomic E-state index is 5.50. The molecule has 2 atom stereocenters. The summed E-state index contributed by atoms with van der Waals surface area (Å²) in [7, 11) is 3.50. The molecule has 2 aromatic rings. The fourth-order valence-corrected chi connectivity index (χ4v) is 6.49. The van der Waals surface area contributed by atoms with Crippen LogP contribution in [-0.4, -0.2) is 33.6 Å². The summed E-state index contributed by atoms with van der Waals surface area (Å²) >= 11 is 0. The summed E-state index contributed by atoms with van der Waals surface area (Å²) in [4.78, 5) is 2.53. The maximum absolute atomic E-state index is 5.50. The van der Waals surface area contributed by atoms with Gasteiger partial charge in [0.15, 0.2) is 6.29 Å². The van der Waals surface area contributed by atoms with E-state index < -0.39 is 0 Å². The van der Waals surface area contributed by atoms with Gasteiger partial charge in [0, 0.05) is 44.8 Å². The second kappa shape index (κ2) is 9.97. The summed E-state index contributed by atoms with van der Waals surface area (Å²) in [5.74, 6) is 2.81. The van der Waals surface area contributed by atoms with E-state index in [1.54, 1.807) is 25.3 Å². The Kier molecular flexibility index (Phi) is 6.85. The molecule has 2 aliphatic carbocycles. The van der Waals surface area contributed by atoms with Crippen molar-refractivity contribution in [1.82, 2.24) is 0 Å². The lowest BCUT2D eigenvalue weighted by Gasteiger charge is -2.39. The monoisotopic (exact) mass is 433 g/mol. The number of aryl methyl sites for hydroxylation is 1. The summed E-state index contributed by atoms with van der Waals surface area (Å²) in [6.07, 6.45) is 10.5. The highest BCUT2D eigenvalue weighted by atomic mass is 16.7. The van der Waals surface area contributed by atoms with E-state index in [0.29, 0.717) is 11.8 Å². The number of hydrogen-bond donors (Lipinski definition) is 0. The number of methoxy groups -OCH3 is 2. The third-order valence-electron chi connectivity index (χ3n) is 8.51. The molecule has 0 unspecified atom stereocenters. The van der Waals surface area contributed by atoms with Crippen LogP contribution in [0.4, 0.5) is 5.69 Å². The normalized spacial score (nSPS) is 24.4. The van der Waals surface area contributed by atoms with Crippen LogP contribution >= 0.6 is 0 Å². The highest BCUT2D eigenvalue weighted by Gasteiger charge is 2.34. The van der Waals surface area contributed by atoms with E-state index in [4.69, 9.17) is 9.47 Å². The van der Waals surface area contributed by atoms with Crippen molar-refractivity contribution in [3.05, 3.63) is 65.2 Å². The molecular weight excluding hydrogens is 394 g/mol. The molecule has 0 radical (unpaired) electrons. The minimum absolute atomic E-state index is 0.0708. The van der Waals surface area contributed by atoms with E-state index in [1.807, 2.05) is 0 Å². The van der Waals surface area contributed by atoms with Crippen LogP contribution in [-0.2, 0) is 15.9 Å². The number of anilines is 1. The van der Waals surface area contributed by atoms with Crippen LogP contribution in [0.3, 0.4) is 0 Å². The molecule has 0 spiro atoms. The number of piperidine rings is 1. The van der Waals surface area contributed by atoms with Gasteiger partial charge in [-0.05, 0) is 72.8 Å². The average Bonchev–Trinajstić information content (AvgIpc) is 2.82. The molecule has 5 rings (SSSR count). The van der Waals surface area contributed by atoms with Crippen molar-refractivity contribution >= 4 is 5.69 Å². The minimum atomic E-state index is -0.0708. The zero-order valence-corrected chi connectivity index (χ0v) is 19.8. The van der Waals surface area contributed by atoms with Gasteiger partial charge < -0.3 is 14.4 Å². The number of ether oxygens (including phenoxy) is 2. The molecular formula is C29H39NO2. The Morgan fingerprint density at radius 1 is 0.875 bits per heavy atom. The molecule has 0 bridgehead atoms. The van der Waals surface area contributed by atoms with E-state index in [9.17, 15) is 0 Å². The average molecular weight is 434 g/mol. The van der Waals surface area contributed by atoms with E-state index in [0.717, 1.165) is 37.8 Å². The van der Waals surface area contributed by atoms with Crippen LogP contribution < -0.4 is 4.90 Å². The SMILES string of the molecule is COC(OC)C1CCN(c2ccc([C@@H]3c4ccccc4CC[C@@H]3CC3CCC3)cc2)CC1. The highest BCUT2D eigenvalue weighted by molar-refractivity contribution is 5.50. The molecule has 0 amide bonds. The Balaban J connectivity index is 1.32. The highest BCUT2D eigenvalue weighted by Crippen LogP contribution is 2.46. The Hall–Kier alpha value is -1.84. The zero-order chi connectivity index (χ0) is 21.9. The molecule has 2 fully saturated rings. The molecule has 3 aliphatic rings. The summed E-state index contributed by atoms with van der Waals surface area (Å²) in [5, 5.41) is 0. The van der Waals surface area contributed by atoms with Gasteiger partial charge >= 0.3 is 0 Å². The van der Waals surface area contributed by atoms with Crippen LogP contribution in [0.15, 0.2) is 48.5 Å². The summed E-state index contributed by atoms with van der Waals surface area (Å²) in [5.41, 5.74) is 6.03. The quantitative estimate of drug-likeness (QED) is 0.471. The molecule has 1 aliphatic heterocycles. The van der Waals surface area contributed by atoms with Gasteiger partial charge in [-0.2, -0.15) is 0 Å². The van der Waals surface area contributed by atoms with Crippen LogP contribution in [0.1, 0.15) is 67.6 Å². The number of rotatable bonds is 7. The molecule has 1 saturated heterocycles. The first-order chi connectivity index (χ1) is 15.8. The van der Waals surface area contributed by atoms with Gasteiger partial charge in [-0.3, -0.25) is 0 Å². The van der Waals surface area contributed by atoms with E-state index >= 15 is 0 Å². The summed E-state index contributed by atoms with van der Waals surface area (Å²) < 4.78 is 11.0. The van der Waals surface area contributed by atoms with Crippen molar-refractivity contribution in [2.24, 2.45) is 17.8 Å². The molecule has 32 heavy (non-hydrogen) atoms. The van der Waals surface area contributed by atoms with Gasteiger partial charge in [0.1, 0.15) is 0 Å². The first kappa shape index (κ1) is 22.0. The van der Waals surface area contributed by atoms with Crippen molar-refractivity contribution in [3.63, 3.8) is 0 Å². The van der Waals surface area contributed by atoms with E-state index in [-0.39, 0.29) is 6.29 Å². The van der Waals surface area contributed by atoms with Gasteiger partial charge in [0.05, 0.1) is 0 Å². The lowest BCUT2D eigenvalue weighted by molar-refractivity contribution is -0.141. The Morgan fingerprint density at radius 3 is 2.25 bits per heavy atom. The Labute approximate surface area is 194 Å². The van der Waals surface area contributed by atoms with Gasteiger partial charge in [-0.25, -0.2) is 0 Å². The van der Waals surface area contributed by atoms with Crippen molar-refractivity contribution in [1.29, 1.82) is 0 Å². The van der Waals surface area contributed by atoms with Crippen LogP contribution in [0.5, 0.6) is 0 Å². The molecule has 1 heterocycles. The smallest absolute Gasteiger partial charge is 0.159 e. The third kappa shape index (κ3) is 4.47. The minimum Gasteiger partial charge on any atom is -0.372 e. The first-order valence-corrected chi connectivity index (χ1v) is 12.7. The summed E-state index contributed by atoms with van der Waals surface area (Å²) in [6, 6.07) is 18.8. The molecule has 0 aromatic heterocycles. The number of nitrogens with zero attached hydrogens (tertiary/aromatic N) is 1. The summed E-state index contributed by atoms with van der Waals surface area (Å²) in [6.45, 7) is 2.15. The van der Waals surface area contributed by atoms with Gasteiger partial charge in [-0.1, -0.05) is 55.7 Å². The van der Waals surface area contributed by atoms with Gasteiger partial charge in [0.25, 0.3) is 0 Å². The van der Waals surface area contributed by atoms with Gasteiger partial charge in [-0.15, -0.1) is 0 Å². The number of hydrogen-bond acceptors (Lipinski definition) is 3. The number of benzene rings is 2. The van der Waals surface area contributed by atoms with Crippen molar-refractivity contribution in [3.8, 4) is 0 Å². The van der Waals surface area contributed by atoms with E-state index in [1.165, 1.54) is 49.8 Å². The topological polar surface area (TPSA) is 21.7 Å². The number of fused-ring (bicyclic) bond motifs is 1. The van der Waals surface area contributed by atoms with Crippen molar-refractivity contribution in [2.45, 2.75) is 63.6 Å². The fraction of sp³-hybridized carbons (Fsp3) is 0.586. The molecule has 3 nitrogen and oxygen atoms in total. The molecule has 1 saturated carbocycles. The Morgan fingerprint density at radius 2 is 1.59 bits per heavy atom. The third-order valence-corrected chi connectivity index (χ3v) is 8.51. The van der Waals surface area contributed by atoms with Crippen molar-refractivity contribution < 1.29 is 9.47 Å². The second-order valence-electron chi connectivity index (χ2n) is 10.3. The molecule has 0 N–H and O–H groups in total. The molecule has 172 valence electrons.